The summed E-state index contributed by atoms with van der Waals surface area (Å²) in [5.74, 6) is -1.20. The van der Waals surface area contributed by atoms with Gasteiger partial charge in [-0.2, -0.15) is 0 Å². The van der Waals surface area contributed by atoms with Crippen LogP contribution in [0.1, 0.15) is 32.3 Å². The molecule has 0 radical (unpaired) electrons. The van der Waals surface area contributed by atoms with Crippen LogP contribution in [0.3, 0.4) is 0 Å². The molecule has 1 N–H and O–H groups in total. The predicted molar refractivity (Wildman–Crippen MR) is 84.2 cm³/mol. The first kappa shape index (κ1) is 15.5. The minimum atomic E-state index is -1.54. The number of esters is 1. The summed E-state index contributed by atoms with van der Waals surface area (Å²) in [6.45, 7) is 5.54. The van der Waals surface area contributed by atoms with E-state index in [2.05, 4.69) is 0 Å². The van der Waals surface area contributed by atoms with Crippen LogP contribution in [0.4, 0.5) is 0 Å². The molecule has 3 nitrogen and oxygen atoms in total. The van der Waals surface area contributed by atoms with E-state index in [9.17, 15) is 9.90 Å². The highest BCUT2D eigenvalue weighted by Gasteiger charge is 2.46. The summed E-state index contributed by atoms with van der Waals surface area (Å²) < 4.78 is 4.84. The van der Waals surface area contributed by atoms with Crippen molar-refractivity contribution >= 4 is 16.7 Å². The summed E-state index contributed by atoms with van der Waals surface area (Å²) in [4.78, 5) is 12.2. The third-order valence-electron chi connectivity index (χ3n) is 4.34. The van der Waals surface area contributed by atoms with Gasteiger partial charge in [0, 0.05) is 5.92 Å². The number of ether oxygens (including phenoxy) is 1. The number of hydrogen-bond acceptors (Lipinski definition) is 3. The highest BCUT2D eigenvalue weighted by atomic mass is 16.5. The van der Waals surface area contributed by atoms with Crippen molar-refractivity contribution in [1.29, 1.82) is 0 Å². The average molecular weight is 286 g/mol. The van der Waals surface area contributed by atoms with Gasteiger partial charge < -0.3 is 9.84 Å². The molecule has 0 saturated heterocycles. The van der Waals surface area contributed by atoms with Gasteiger partial charge in [-0.3, -0.25) is 0 Å². The monoisotopic (exact) mass is 286 g/mol. The fraction of sp³-hybridized carbons (Fsp3) is 0.389. The second kappa shape index (κ2) is 5.86. The van der Waals surface area contributed by atoms with Gasteiger partial charge in [0.2, 0.25) is 0 Å². The minimum absolute atomic E-state index is 0.251. The Balaban J connectivity index is 2.59. The smallest absolute Gasteiger partial charge is 0.338 e. The molecule has 0 aromatic heterocycles. The Labute approximate surface area is 125 Å². The van der Waals surface area contributed by atoms with Gasteiger partial charge in [-0.1, -0.05) is 63.2 Å². The second-order valence-electron chi connectivity index (χ2n) is 5.76. The predicted octanol–water partition coefficient (Wildman–Crippen LogP) is 3.50. The maximum Gasteiger partial charge on any atom is 0.338 e. The molecule has 2 aromatic carbocycles. The van der Waals surface area contributed by atoms with Crippen molar-refractivity contribution in [3.63, 3.8) is 0 Å². The molecule has 0 aliphatic rings. The van der Waals surface area contributed by atoms with Crippen LogP contribution in [-0.2, 0) is 9.53 Å². The van der Waals surface area contributed by atoms with Crippen molar-refractivity contribution in [3.8, 4) is 0 Å². The van der Waals surface area contributed by atoms with E-state index in [4.69, 9.17) is 4.74 Å². The minimum Gasteiger partial charge on any atom is -0.467 e. The molecule has 112 valence electrons. The lowest BCUT2D eigenvalue weighted by Crippen LogP contribution is -2.49. The van der Waals surface area contributed by atoms with E-state index in [-0.39, 0.29) is 11.8 Å². The van der Waals surface area contributed by atoms with Crippen molar-refractivity contribution in [1.82, 2.24) is 0 Å². The lowest BCUT2D eigenvalue weighted by molar-refractivity contribution is -0.170. The van der Waals surface area contributed by atoms with Crippen molar-refractivity contribution in [3.05, 3.63) is 48.0 Å². The van der Waals surface area contributed by atoms with Crippen molar-refractivity contribution < 1.29 is 14.6 Å². The fourth-order valence-electron chi connectivity index (χ4n) is 2.94. The van der Waals surface area contributed by atoms with Gasteiger partial charge >= 0.3 is 5.97 Å². The zero-order chi connectivity index (χ0) is 15.6. The maximum absolute atomic E-state index is 12.2. The molecule has 2 unspecified atom stereocenters. The zero-order valence-corrected chi connectivity index (χ0v) is 13.0. The lowest BCUT2D eigenvalue weighted by Gasteiger charge is -2.35. The first-order chi connectivity index (χ1) is 9.92. The molecule has 0 saturated carbocycles. The van der Waals surface area contributed by atoms with Crippen molar-refractivity contribution in [2.24, 2.45) is 5.92 Å². The number of carbonyl (C=O) groups is 1. The molecule has 0 aliphatic carbocycles. The van der Waals surface area contributed by atoms with Crippen LogP contribution in [0.25, 0.3) is 10.8 Å². The van der Waals surface area contributed by atoms with E-state index in [1.807, 2.05) is 63.2 Å². The third-order valence-corrected chi connectivity index (χ3v) is 4.34. The van der Waals surface area contributed by atoms with Crippen LogP contribution < -0.4 is 0 Å². The number of methoxy groups -OCH3 is 1. The van der Waals surface area contributed by atoms with Crippen LogP contribution in [0.15, 0.2) is 42.5 Å². The summed E-state index contributed by atoms with van der Waals surface area (Å²) in [6.07, 6.45) is 0. The number of benzene rings is 2. The second-order valence-corrected chi connectivity index (χ2v) is 5.76. The Morgan fingerprint density at radius 3 is 2.33 bits per heavy atom. The molecule has 2 rings (SSSR count). The molecule has 2 aromatic rings. The number of aliphatic hydroxyl groups is 1. The molecule has 0 fully saturated rings. The Morgan fingerprint density at radius 2 is 1.71 bits per heavy atom. The van der Waals surface area contributed by atoms with Gasteiger partial charge in [0.05, 0.1) is 7.11 Å². The van der Waals surface area contributed by atoms with Crippen molar-refractivity contribution in [2.45, 2.75) is 32.3 Å². The van der Waals surface area contributed by atoms with Gasteiger partial charge in [-0.05, 0) is 22.3 Å². The maximum atomic E-state index is 12.2. The quantitative estimate of drug-likeness (QED) is 0.875. The standard InChI is InChI=1S/C18H22O3/c1-12(2)18(20,17(19)21-4)13(3)15-11-7-9-14-8-5-6-10-16(14)15/h5-13,20H,1-4H3. The van der Waals surface area contributed by atoms with E-state index in [1.54, 1.807) is 0 Å². The molecule has 21 heavy (non-hydrogen) atoms. The van der Waals surface area contributed by atoms with E-state index in [0.717, 1.165) is 16.3 Å². The van der Waals surface area contributed by atoms with Gasteiger partial charge in [-0.15, -0.1) is 0 Å². The summed E-state index contributed by atoms with van der Waals surface area (Å²) in [6, 6.07) is 13.9. The molecular formula is C18H22O3. The lowest BCUT2D eigenvalue weighted by atomic mass is 9.75. The van der Waals surface area contributed by atoms with Gasteiger partial charge in [0.25, 0.3) is 0 Å². The van der Waals surface area contributed by atoms with Crippen LogP contribution in [0.5, 0.6) is 0 Å². The Bertz CT molecular complexity index is 642. The number of rotatable bonds is 4. The summed E-state index contributed by atoms with van der Waals surface area (Å²) >= 11 is 0. The van der Waals surface area contributed by atoms with E-state index < -0.39 is 11.6 Å². The molecule has 0 amide bonds. The largest absolute Gasteiger partial charge is 0.467 e. The molecule has 0 aliphatic heterocycles. The first-order valence-electron chi connectivity index (χ1n) is 7.21. The van der Waals surface area contributed by atoms with Gasteiger partial charge in [0.15, 0.2) is 5.60 Å². The van der Waals surface area contributed by atoms with Gasteiger partial charge in [0.1, 0.15) is 0 Å². The van der Waals surface area contributed by atoms with Crippen molar-refractivity contribution in [2.75, 3.05) is 7.11 Å². The Hall–Kier alpha value is -1.87. The average Bonchev–Trinajstić information content (AvgIpc) is 2.51. The molecule has 0 heterocycles. The van der Waals surface area contributed by atoms with E-state index in [0.29, 0.717) is 0 Å². The zero-order valence-electron chi connectivity index (χ0n) is 13.0. The molecule has 0 spiro atoms. The highest BCUT2D eigenvalue weighted by Crippen LogP contribution is 2.38. The third kappa shape index (κ3) is 2.54. The molecule has 0 bridgehead atoms. The molecular weight excluding hydrogens is 264 g/mol. The van der Waals surface area contributed by atoms with Crippen LogP contribution in [-0.4, -0.2) is 23.8 Å². The first-order valence-corrected chi connectivity index (χ1v) is 7.21. The Morgan fingerprint density at radius 1 is 1.10 bits per heavy atom. The number of fused-ring (bicyclic) bond motifs is 1. The van der Waals surface area contributed by atoms with E-state index >= 15 is 0 Å². The number of hydrogen-bond donors (Lipinski definition) is 1. The fourth-order valence-corrected chi connectivity index (χ4v) is 2.94. The highest BCUT2D eigenvalue weighted by molar-refractivity contribution is 5.88. The normalized spacial score (nSPS) is 15.7. The van der Waals surface area contributed by atoms with Crippen LogP contribution >= 0.6 is 0 Å². The summed E-state index contributed by atoms with van der Waals surface area (Å²) in [7, 11) is 1.31. The Kier molecular flexibility index (Phi) is 4.33. The summed E-state index contributed by atoms with van der Waals surface area (Å²) in [5, 5.41) is 13.1. The molecule has 2 atom stereocenters. The molecule has 3 heteroatoms. The van der Waals surface area contributed by atoms with E-state index in [1.165, 1.54) is 7.11 Å². The number of carbonyl (C=O) groups excluding carboxylic acids is 1. The van der Waals surface area contributed by atoms with Crippen LogP contribution in [0.2, 0.25) is 0 Å². The summed E-state index contributed by atoms with van der Waals surface area (Å²) in [5.41, 5.74) is -0.589. The SMILES string of the molecule is COC(=O)C(O)(C(C)C)C(C)c1cccc2ccccc12. The van der Waals surface area contributed by atoms with Gasteiger partial charge in [-0.25, -0.2) is 4.79 Å². The topological polar surface area (TPSA) is 46.5 Å². The van der Waals surface area contributed by atoms with Crippen LogP contribution in [0, 0.1) is 5.92 Å².